The van der Waals surface area contributed by atoms with E-state index in [1.54, 1.807) is 12.1 Å². The third kappa shape index (κ3) is 3.79. The molecule has 1 rings (SSSR count). The fourth-order valence-corrected chi connectivity index (χ4v) is 2.27. The van der Waals surface area contributed by atoms with Crippen LogP contribution in [0.15, 0.2) is 18.2 Å². The van der Waals surface area contributed by atoms with E-state index in [1.165, 1.54) is 6.07 Å². The molecule has 0 aliphatic heterocycles. The minimum Gasteiger partial charge on any atom is -0.372 e. The Bertz CT molecular complexity index is 470. The van der Waals surface area contributed by atoms with Gasteiger partial charge in [-0.15, -0.1) is 0 Å². The Balaban J connectivity index is 3.04. The van der Waals surface area contributed by atoms with Crippen LogP contribution in [0.25, 0.3) is 0 Å². The monoisotopic (exact) mass is 278 g/mol. The highest BCUT2D eigenvalue weighted by Crippen LogP contribution is 2.25. The molecule has 0 aliphatic rings. The summed E-state index contributed by atoms with van der Waals surface area (Å²) in [7, 11) is 0. The van der Waals surface area contributed by atoms with Crippen LogP contribution in [-0.2, 0) is 0 Å². The first-order valence-corrected chi connectivity index (χ1v) is 7.05. The predicted molar refractivity (Wildman–Crippen MR) is 80.4 cm³/mol. The molecule has 0 radical (unpaired) electrons. The molecule has 0 saturated carbocycles. The van der Waals surface area contributed by atoms with Gasteiger partial charge in [0.1, 0.15) is 0 Å². The van der Waals surface area contributed by atoms with E-state index in [2.05, 4.69) is 18.7 Å². The van der Waals surface area contributed by atoms with Gasteiger partial charge in [0.2, 0.25) is 0 Å². The van der Waals surface area contributed by atoms with Gasteiger partial charge in [-0.2, -0.15) is 0 Å². The summed E-state index contributed by atoms with van der Waals surface area (Å²) in [4.78, 5) is 23.5. The van der Waals surface area contributed by atoms with Crippen LogP contribution in [0.4, 0.5) is 11.4 Å². The number of aldehydes is 1. The maximum Gasteiger partial charge on any atom is 0.280 e. The number of carbonyl (C=O) groups excluding carboxylic acids is 1. The smallest absolute Gasteiger partial charge is 0.280 e. The highest BCUT2D eigenvalue weighted by atomic mass is 16.6. The summed E-state index contributed by atoms with van der Waals surface area (Å²) in [5.41, 5.74) is 0.866. The van der Waals surface area contributed by atoms with Gasteiger partial charge in [-0.3, -0.25) is 14.9 Å². The first-order chi connectivity index (χ1) is 9.57. The number of anilines is 1. The van der Waals surface area contributed by atoms with Crippen molar-refractivity contribution in [3.8, 4) is 0 Å². The van der Waals surface area contributed by atoms with Crippen LogP contribution < -0.4 is 4.90 Å². The van der Waals surface area contributed by atoms with Crippen molar-refractivity contribution < 1.29 is 9.72 Å². The fourth-order valence-electron chi connectivity index (χ4n) is 2.27. The van der Waals surface area contributed by atoms with Gasteiger partial charge in [0.15, 0.2) is 6.29 Å². The van der Waals surface area contributed by atoms with E-state index in [4.69, 9.17) is 0 Å². The van der Waals surface area contributed by atoms with E-state index in [9.17, 15) is 14.9 Å². The lowest BCUT2D eigenvalue weighted by Gasteiger charge is -2.27. The van der Waals surface area contributed by atoms with Gasteiger partial charge in [0, 0.05) is 24.8 Å². The molecule has 5 heteroatoms. The van der Waals surface area contributed by atoms with Gasteiger partial charge in [-0.1, -0.05) is 26.7 Å². The predicted octanol–water partition coefficient (Wildman–Crippen LogP) is 3.67. The van der Waals surface area contributed by atoms with Crippen LogP contribution in [0, 0.1) is 16.0 Å². The van der Waals surface area contributed by atoms with E-state index in [1.807, 2.05) is 6.92 Å². The van der Waals surface area contributed by atoms with Crippen molar-refractivity contribution in [1.29, 1.82) is 0 Å². The number of hydrogen-bond donors (Lipinski definition) is 0. The molecule has 0 N–H and O–H groups in total. The Morgan fingerprint density at radius 3 is 2.40 bits per heavy atom. The molecular weight excluding hydrogens is 256 g/mol. The average Bonchev–Trinajstić information content (AvgIpc) is 2.47. The van der Waals surface area contributed by atoms with Gasteiger partial charge in [0.25, 0.3) is 5.69 Å². The number of rotatable bonds is 8. The van der Waals surface area contributed by atoms with Crippen LogP contribution in [0.1, 0.15) is 44.0 Å². The van der Waals surface area contributed by atoms with Gasteiger partial charge < -0.3 is 4.90 Å². The van der Waals surface area contributed by atoms with E-state index in [0.29, 0.717) is 12.2 Å². The average molecular weight is 278 g/mol. The van der Waals surface area contributed by atoms with Crippen LogP contribution in [0.5, 0.6) is 0 Å². The SMILES string of the molecule is CCC(CC)CN(CC)c1ccc([N+](=O)[O-])c(C=O)c1. The van der Waals surface area contributed by atoms with E-state index in [-0.39, 0.29) is 11.3 Å². The first-order valence-electron chi connectivity index (χ1n) is 7.05. The molecule has 0 saturated heterocycles. The molecule has 0 aliphatic carbocycles. The van der Waals surface area contributed by atoms with Crippen molar-refractivity contribution in [3.63, 3.8) is 0 Å². The molecular formula is C15H22N2O3. The molecule has 20 heavy (non-hydrogen) atoms. The number of nitrogens with zero attached hydrogens (tertiary/aromatic N) is 2. The maximum atomic E-state index is 11.0. The van der Waals surface area contributed by atoms with Crippen LogP contribution in [-0.4, -0.2) is 24.3 Å². The molecule has 0 spiro atoms. The second kappa shape index (κ2) is 7.62. The Labute approximate surface area is 119 Å². The molecule has 0 bridgehead atoms. The summed E-state index contributed by atoms with van der Waals surface area (Å²) in [6.45, 7) is 8.08. The number of nitro benzene ring substituents is 1. The summed E-state index contributed by atoms with van der Waals surface area (Å²) < 4.78 is 0. The highest BCUT2D eigenvalue weighted by molar-refractivity contribution is 5.83. The summed E-state index contributed by atoms with van der Waals surface area (Å²) in [5, 5.41) is 10.8. The molecule has 0 atom stereocenters. The molecule has 5 nitrogen and oxygen atoms in total. The number of hydrogen-bond acceptors (Lipinski definition) is 4. The quantitative estimate of drug-likeness (QED) is 0.413. The zero-order chi connectivity index (χ0) is 15.1. The van der Waals surface area contributed by atoms with Gasteiger partial charge >= 0.3 is 0 Å². The second-order valence-electron chi connectivity index (χ2n) is 4.84. The lowest BCUT2D eigenvalue weighted by atomic mass is 10.0. The van der Waals surface area contributed by atoms with E-state index < -0.39 is 4.92 Å². The third-order valence-electron chi connectivity index (χ3n) is 3.71. The van der Waals surface area contributed by atoms with Crippen molar-refractivity contribution in [2.24, 2.45) is 5.92 Å². The number of nitro groups is 1. The minimum absolute atomic E-state index is 0.135. The second-order valence-corrected chi connectivity index (χ2v) is 4.84. The topological polar surface area (TPSA) is 63.4 Å². The fraction of sp³-hybridized carbons (Fsp3) is 0.533. The summed E-state index contributed by atoms with van der Waals surface area (Å²) in [6.07, 6.45) is 2.74. The molecule has 0 amide bonds. The number of benzene rings is 1. The molecule has 110 valence electrons. The molecule has 0 heterocycles. The van der Waals surface area contributed by atoms with E-state index >= 15 is 0 Å². The van der Waals surface area contributed by atoms with Crippen LogP contribution in [0.2, 0.25) is 0 Å². The summed E-state index contributed by atoms with van der Waals surface area (Å²) >= 11 is 0. The third-order valence-corrected chi connectivity index (χ3v) is 3.71. The molecule has 0 fully saturated rings. The van der Waals surface area contributed by atoms with Gasteiger partial charge in [-0.25, -0.2) is 0 Å². The molecule has 0 aromatic heterocycles. The Kier molecular flexibility index (Phi) is 6.15. The van der Waals surface area contributed by atoms with Crippen LogP contribution >= 0.6 is 0 Å². The van der Waals surface area contributed by atoms with Crippen molar-refractivity contribution in [2.75, 3.05) is 18.0 Å². The largest absolute Gasteiger partial charge is 0.372 e. The molecule has 0 unspecified atom stereocenters. The van der Waals surface area contributed by atoms with Crippen molar-refractivity contribution in [2.45, 2.75) is 33.6 Å². The zero-order valence-electron chi connectivity index (χ0n) is 12.3. The molecule has 1 aromatic carbocycles. The van der Waals surface area contributed by atoms with E-state index in [0.717, 1.165) is 31.6 Å². The lowest BCUT2D eigenvalue weighted by Crippen LogP contribution is -2.29. The summed E-state index contributed by atoms with van der Waals surface area (Å²) in [5.74, 6) is 0.588. The Morgan fingerprint density at radius 1 is 1.30 bits per heavy atom. The first kappa shape index (κ1) is 16.1. The van der Waals surface area contributed by atoms with Gasteiger partial charge in [-0.05, 0) is 25.0 Å². The van der Waals surface area contributed by atoms with Crippen molar-refractivity contribution in [1.82, 2.24) is 0 Å². The zero-order valence-corrected chi connectivity index (χ0v) is 12.3. The normalized spacial score (nSPS) is 10.6. The lowest BCUT2D eigenvalue weighted by molar-refractivity contribution is -0.385. The highest BCUT2D eigenvalue weighted by Gasteiger charge is 2.17. The van der Waals surface area contributed by atoms with Crippen molar-refractivity contribution in [3.05, 3.63) is 33.9 Å². The minimum atomic E-state index is -0.523. The van der Waals surface area contributed by atoms with Crippen LogP contribution in [0.3, 0.4) is 0 Å². The number of carbonyl (C=O) groups is 1. The van der Waals surface area contributed by atoms with Gasteiger partial charge in [0.05, 0.1) is 10.5 Å². The standard InChI is InChI=1S/C15H22N2O3/c1-4-12(5-2)10-16(6-3)14-7-8-15(17(19)20)13(9-14)11-18/h7-9,11-12H,4-6,10H2,1-3H3. The Morgan fingerprint density at radius 2 is 1.95 bits per heavy atom. The summed E-state index contributed by atoms with van der Waals surface area (Å²) in [6, 6.07) is 4.74. The Hall–Kier alpha value is -1.91. The molecule has 1 aromatic rings. The maximum absolute atomic E-state index is 11.0. The van der Waals surface area contributed by atoms with Crippen molar-refractivity contribution >= 4 is 17.7 Å².